The van der Waals surface area contributed by atoms with E-state index in [0.29, 0.717) is 17.2 Å². The van der Waals surface area contributed by atoms with Gasteiger partial charge in [0.15, 0.2) is 5.84 Å². The molecule has 146 valence electrons. The third-order valence-corrected chi connectivity index (χ3v) is 4.86. The molecule has 0 amide bonds. The second kappa shape index (κ2) is 8.74. The molecule has 5 N–H and O–H groups in total. The van der Waals surface area contributed by atoms with E-state index in [9.17, 15) is 8.42 Å². The third kappa shape index (κ3) is 4.89. The number of nitrogens with one attached hydrogen (secondary N) is 3. The van der Waals surface area contributed by atoms with Crippen LogP contribution in [-0.4, -0.2) is 34.2 Å². The van der Waals surface area contributed by atoms with E-state index in [0.717, 1.165) is 0 Å². The topological polar surface area (TPSA) is 163 Å². The summed E-state index contributed by atoms with van der Waals surface area (Å²) in [6.45, 7) is 0. The molecule has 2 rings (SSSR count). The van der Waals surface area contributed by atoms with Gasteiger partial charge in [0.1, 0.15) is 17.6 Å². The van der Waals surface area contributed by atoms with Crippen molar-refractivity contribution in [2.24, 2.45) is 10.8 Å². The number of methoxy groups -OCH3 is 2. The zero-order chi connectivity index (χ0) is 20.7. The Labute approximate surface area is 162 Å². The average Bonchev–Trinajstić information content (AvgIpc) is 2.68. The molecule has 0 spiro atoms. The summed E-state index contributed by atoms with van der Waals surface area (Å²) in [5.41, 5.74) is 8.11. The van der Waals surface area contributed by atoms with Crippen LogP contribution in [0.25, 0.3) is 0 Å². The number of sulfonamides is 1. The van der Waals surface area contributed by atoms with Gasteiger partial charge in [-0.25, -0.2) is 8.42 Å². The number of hydrazone groups is 1. The van der Waals surface area contributed by atoms with Crippen LogP contribution in [0.3, 0.4) is 0 Å². The standard InChI is InChI=1S/C17H18N6O4S/c1-26-12-5-8-14(16(9-12)27-2)23-28(24,25)13-6-3-11(4-7-13)21-22-15(10-18)17(19)20/h3-9,21,23H,1-2H3,(H3,19,20)/b22-15+. The van der Waals surface area contributed by atoms with Crippen molar-refractivity contribution in [3.63, 3.8) is 0 Å². The summed E-state index contributed by atoms with van der Waals surface area (Å²) < 4.78 is 37.9. The number of anilines is 2. The lowest BCUT2D eigenvalue weighted by Gasteiger charge is -2.13. The second-order valence-corrected chi connectivity index (χ2v) is 6.98. The highest BCUT2D eigenvalue weighted by Crippen LogP contribution is 2.31. The fraction of sp³-hybridized carbons (Fsp3) is 0.118. The minimum atomic E-state index is -3.87. The van der Waals surface area contributed by atoms with E-state index < -0.39 is 15.9 Å². The molecule has 0 atom stereocenters. The van der Waals surface area contributed by atoms with Crippen LogP contribution in [0.4, 0.5) is 11.4 Å². The largest absolute Gasteiger partial charge is 0.497 e. The van der Waals surface area contributed by atoms with E-state index in [1.54, 1.807) is 18.2 Å². The number of ether oxygens (including phenoxy) is 2. The van der Waals surface area contributed by atoms with Gasteiger partial charge in [0.05, 0.1) is 30.5 Å². The number of nitrogens with two attached hydrogens (primary N) is 1. The lowest BCUT2D eigenvalue weighted by molar-refractivity contribution is 0.395. The molecule has 0 aliphatic carbocycles. The lowest BCUT2D eigenvalue weighted by Crippen LogP contribution is -2.21. The molecule has 0 unspecified atom stereocenters. The van der Waals surface area contributed by atoms with Crippen molar-refractivity contribution < 1.29 is 17.9 Å². The maximum Gasteiger partial charge on any atom is 0.262 e. The van der Waals surface area contributed by atoms with E-state index in [4.69, 9.17) is 25.9 Å². The van der Waals surface area contributed by atoms with Crippen LogP contribution in [0.15, 0.2) is 52.5 Å². The predicted molar refractivity (Wildman–Crippen MR) is 105 cm³/mol. The first kappa shape index (κ1) is 20.5. The average molecular weight is 402 g/mol. The number of rotatable bonds is 8. The summed E-state index contributed by atoms with van der Waals surface area (Å²) in [5.74, 6) is 0.355. The molecule has 0 saturated heterocycles. The van der Waals surface area contributed by atoms with Gasteiger partial charge >= 0.3 is 0 Å². The molecule has 0 heterocycles. The number of nitrogens with zero attached hydrogens (tertiary/aromatic N) is 2. The summed E-state index contributed by atoms with van der Waals surface area (Å²) in [6.07, 6.45) is 0. The van der Waals surface area contributed by atoms with Crippen LogP contribution >= 0.6 is 0 Å². The first-order chi connectivity index (χ1) is 13.3. The second-order valence-electron chi connectivity index (χ2n) is 5.29. The summed E-state index contributed by atoms with van der Waals surface area (Å²) in [7, 11) is -0.957. The van der Waals surface area contributed by atoms with E-state index in [-0.39, 0.29) is 16.3 Å². The van der Waals surface area contributed by atoms with E-state index in [1.165, 1.54) is 44.6 Å². The van der Waals surface area contributed by atoms with Crippen molar-refractivity contribution in [3.8, 4) is 17.6 Å². The van der Waals surface area contributed by atoms with Gasteiger partial charge < -0.3 is 15.2 Å². The predicted octanol–water partition coefficient (Wildman–Crippen LogP) is 1.73. The monoisotopic (exact) mass is 402 g/mol. The Morgan fingerprint density at radius 1 is 1.18 bits per heavy atom. The van der Waals surface area contributed by atoms with Crippen molar-refractivity contribution in [2.75, 3.05) is 24.4 Å². The van der Waals surface area contributed by atoms with Crippen molar-refractivity contribution in [1.82, 2.24) is 0 Å². The Morgan fingerprint density at radius 3 is 2.39 bits per heavy atom. The molecule has 0 saturated carbocycles. The van der Waals surface area contributed by atoms with Crippen LogP contribution < -0.4 is 25.4 Å². The Hall–Kier alpha value is -3.78. The molecule has 10 nitrogen and oxygen atoms in total. The lowest BCUT2D eigenvalue weighted by atomic mass is 10.3. The van der Waals surface area contributed by atoms with Gasteiger partial charge in [-0.05, 0) is 36.4 Å². The molecule has 0 bridgehead atoms. The number of hydrogen-bond donors (Lipinski definition) is 4. The van der Waals surface area contributed by atoms with Crippen LogP contribution in [-0.2, 0) is 10.0 Å². The van der Waals surface area contributed by atoms with Gasteiger partial charge in [-0.15, -0.1) is 0 Å². The zero-order valence-electron chi connectivity index (χ0n) is 15.1. The number of benzene rings is 2. The Morgan fingerprint density at radius 2 is 1.86 bits per heavy atom. The van der Waals surface area contributed by atoms with Crippen LogP contribution in [0.1, 0.15) is 0 Å². The molecule has 0 aromatic heterocycles. The summed E-state index contributed by atoms with van der Waals surface area (Å²) >= 11 is 0. The van der Waals surface area contributed by atoms with Crippen molar-refractivity contribution in [3.05, 3.63) is 42.5 Å². The van der Waals surface area contributed by atoms with Gasteiger partial charge in [0.25, 0.3) is 10.0 Å². The minimum Gasteiger partial charge on any atom is -0.497 e. The van der Waals surface area contributed by atoms with Crippen LogP contribution in [0.2, 0.25) is 0 Å². The third-order valence-electron chi connectivity index (χ3n) is 3.48. The van der Waals surface area contributed by atoms with Gasteiger partial charge in [-0.2, -0.15) is 10.4 Å². The zero-order valence-corrected chi connectivity index (χ0v) is 15.9. The molecule has 2 aromatic carbocycles. The molecular weight excluding hydrogens is 384 g/mol. The normalized spacial score (nSPS) is 11.2. The van der Waals surface area contributed by atoms with Crippen molar-refractivity contribution in [2.45, 2.75) is 4.90 Å². The quantitative estimate of drug-likeness (QED) is 0.297. The Balaban J connectivity index is 2.21. The van der Waals surface area contributed by atoms with E-state index >= 15 is 0 Å². The van der Waals surface area contributed by atoms with Crippen molar-refractivity contribution >= 4 is 32.9 Å². The fourth-order valence-corrected chi connectivity index (χ4v) is 3.13. The van der Waals surface area contributed by atoms with Crippen molar-refractivity contribution in [1.29, 1.82) is 10.7 Å². The first-order valence-electron chi connectivity index (χ1n) is 7.74. The first-order valence-corrected chi connectivity index (χ1v) is 9.22. The van der Waals surface area contributed by atoms with Gasteiger partial charge in [-0.1, -0.05) is 0 Å². The van der Waals surface area contributed by atoms with E-state index in [1.807, 2.05) is 0 Å². The summed E-state index contributed by atoms with van der Waals surface area (Å²) in [5, 5.41) is 19.6. The molecule has 0 aliphatic rings. The maximum absolute atomic E-state index is 12.6. The highest BCUT2D eigenvalue weighted by Gasteiger charge is 2.17. The molecule has 0 radical (unpaired) electrons. The molecule has 2 aromatic rings. The summed E-state index contributed by atoms with van der Waals surface area (Å²) in [4.78, 5) is 0.00646. The van der Waals surface area contributed by atoms with Gasteiger partial charge in [-0.3, -0.25) is 15.6 Å². The SMILES string of the molecule is COc1ccc(NS(=O)(=O)c2ccc(N/N=C(\C#N)C(=N)N)cc2)c(OC)c1. The number of amidine groups is 1. The maximum atomic E-state index is 12.6. The van der Waals surface area contributed by atoms with Crippen LogP contribution in [0, 0.1) is 16.7 Å². The molecule has 0 fully saturated rings. The minimum absolute atomic E-state index is 0.00646. The molecule has 0 aliphatic heterocycles. The highest BCUT2D eigenvalue weighted by molar-refractivity contribution is 7.92. The van der Waals surface area contributed by atoms with E-state index in [2.05, 4.69) is 15.2 Å². The number of nitriles is 1. The number of hydrogen-bond acceptors (Lipinski definition) is 8. The molecule has 28 heavy (non-hydrogen) atoms. The summed E-state index contributed by atoms with van der Waals surface area (Å²) in [6, 6.07) is 12.0. The van der Waals surface area contributed by atoms with Gasteiger partial charge in [0, 0.05) is 6.07 Å². The molecule has 11 heteroatoms. The van der Waals surface area contributed by atoms with Gasteiger partial charge in [0.2, 0.25) is 5.71 Å². The molecular formula is C17H18N6O4S. The smallest absolute Gasteiger partial charge is 0.262 e. The Bertz CT molecular complexity index is 1040. The highest BCUT2D eigenvalue weighted by atomic mass is 32.2. The Kier molecular flexibility index (Phi) is 6.41. The fourth-order valence-electron chi connectivity index (χ4n) is 2.06. The van der Waals surface area contributed by atoms with Crippen LogP contribution in [0.5, 0.6) is 11.5 Å².